The van der Waals surface area contributed by atoms with Gasteiger partial charge in [-0.2, -0.15) is 0 Å². The molecular formula is C16H21N3O2. The van der Waals surface area contributed by atoms with Gasteiger partial charge in [0.15, 0.2) is 0 Å². The third kappa shape index (κ3) is 4.15. The fourth-order valence-corrected chi connectivity index (χ4v) is 2.12. The Morgan fingerprint density at radius 2 is 2.00 bits per heavy atom. The average Bonchev–Trinajstić information content (AvgIpc) is 2.42. The first-order valence-electron chi connectivity index (χ1n) is 7.06. The Hall–Kier alpha value is -2.17. The van der Waals surface area contributed by atoms with Crippen LogP contribution in [0.15, 0.2) is 30.6 Å². The summed E-state index contributed by atoms with van der Waals surface area (Å²) in [6.45, 7) is 6.31. The van der Waals surface area contributed by atoms with Gasteiger partial charge in [0.25, 0.3) is 0 Å². The number of hydrogen-bond acceptors (Lipinski definition) is 4. The van der Waals surface area contributed by atoms with Gasteiger partial charge in [0.2, 0.25) is 0 Å². The van der Waals surface area contributed by atoms with Crippen molar-refractivity contribution in [3.8, 4) is 0 Å². The highest BCUT2D eigenvalue weighted by Gasteiger charge is 2.21. The maximum Gasteiger partial charge on any atom is 0.326 e. The van der Waals surface area contributed by atoms with E-state index in [9.17, 15) is 9.90 Å². The number of carboxylic acid groups (broad SMARTS) is 1. The van der Waals surface area contributed by atoms with Crippen molar-refractivity contribution in [1.29, 1.82) is 0 Å². The Balaban J connectivity index is 2.21. The van der Waals surface area contributed by atoms with Gasteiger partial charge in [-0.25, -0.2) is 14.8 Å². The molecule has 5 heteroatoms. The molecule has 112 valence electrons. The first-order chi connectivity index (χ1) is 9.87. The third-order valence-corrected chi connectivity index (χ3v) is 3.33. The molecular weight excluding hydrogens is 266 g/mol. The van der Waals surface area contributed by atoms with E-state index >= 15 is 0 Å². The number of fused-ring (bicyclic) bond motifs is 1. The van der Waals surface area contributed by atoms with Crippen LogP contribution in [0.2, 0.25) is 0 Å². The summed E-state index contributed by atoms with van der Waals surface area (Å²) in [6.07, 6.45) is 2.82. The Kier molecular flexibility index (Phi) is 4.40. The van der Waals surface area contributed by atoms with Crippen LogP contribution in [0, 0.1) is 5.41 Å². The maximum absolute atomic E-state index is 11.5. The number of aromatic nitrogens is 2. The van der Waals surface area contributed by atoms with Crippen molar-refractivity contribution < 1.29 is 9.90 Å². The van der Waals surface area contributed by atoms with Crippen LogP contribution in [0.3, 0.4) is 0 Å². The van der Waals surface area contributed by atoms with E-state index in [1.54, 1.807) is 0 Å². The highest BCUT2D eigenvalue weighted by atomic mass is 16.4. The van der Waals surface area contributed by atoms with Gasteiger partial charge in [0.1, 0.15) is 18.2 Å². The lowest BCUT2D eigenvalue weighted by atomic mass is 9.88. The molecule has 2 rings (SSSR count). The minimum absolute atomic E-state index is 0.100. The van der Waals surface area contributed by atoms with E-state index in [1.165, 1.54) is 6.33 Å². The molecule has 0 amide bonds. The van der Waals surface area contributed by atoms with E-state index < -0.39 is 12.0 Å². The fourth-order valence-electron chi connectivity index (χ4n) is 2.12. The molecule has 1 heterocycles. The molecule has 1 atom stereocenters. The SMILES string of the molecule is CC(C)(C)CC[C@H](Nc1ncnc2ccccc12)C(=O)O. The van der Waals surface area contributed by atoms with Crippen molar-refractivity contribution in [1.82, 2.24) is 9.97 Å². The van der Waals surface area contributed by atoms with Gasteiger partial charge in [-0.05, 0) is 30.4 Å². The Morgan fingerprint density at radius 1 is 1.29 bits per heavy atom. The fraction of sp³-hybridized carbons (Fsp3) is 0.438. The van der Waals surface area contributed by atoms with Gasteiger partial charge in [-0.1, -0.05) is 32.9 Å². The molecule has 0 aliphatic heterocycles. The summed E-state index contributed by atoms with van der Waals surface area (Å²) in [5, 5.41) is 13.3. The molecule has 0 saturated carbocycles. The van der Waals surface area contributed by atoms with Gasteiger partial charge < -0.3 is 10.4 Å². The highest BCUT2D eigenvalue weighted by Crippen LogP contribution is 2.24. The number of carboxylic acids is 1. The van der Waals surface area contributed by atoms with E-state index in [0.29, 0.717) is 12.2 Å². The minimum Gasteiger partial charge on any atom is -0.480 e. The molecule has 0 saturated heterocycles. The third-order valence-electron chi connectivity index (χ3n) is 3.33. The molecule has 21 heavy (non-hydrogen) atoms. The smallest absolute Gasteiger partial charge is 0.326 e. The second-order valence-corrected chi connectivity index (χ2v) is 6.37. The lowest BCUT2D eigenvalue weighted by Gasteiger charge is -2.22. The van der Waals surface area contributed by atoms with Crippen molar-refractivity contribution in [2.75, 3.05) is 5.32 Å². The van der Waals surface area contributed by atoms with Gasteiger partial charge in [0, 0.05) is 5.39 Å². The number of nitrogens with zero attached hydrogens (tertiary/aromatic N) is 2. The second kappa shape index (κ2) is 6.08. The summed E-state index contributed by atoms with van der Waals surface area (Å²) in [5.74, 6) is -0.288. The van der Waals surface area contributed by atoms with Crippen LogP contribution >= 0.6 is 0 Å². The number of anilines is 1. The molecule has 0 unspecified atom stereocenters. The van der Waals surface area contributed by atoms with Crippen LogP contribution in [-0.2, 0) is 4.79 Å². The molecule has 1 aromatic carbocycles. The quantitative estimate of drug-likeness (QED) is 0.882. The zero-order valence-electron chi connectivity index (χ0n) is 12.6. The van der Waals surface area contributed by atoms with Crippen molar-refractivity contribution >= 4 is 22.7 Å². The van der Waals surface area contributed by atoms with Gasteiger partial charge in [-0.3, -0.25) is 0 Å². The summed E-state index contributed by atoms with van der Waals surface area (Å²) in [5.41, 5.74) is 0.901. The number of rotatable bonds is 5. The molecule has 0 aliphatic carbocycles. The summed E-state index contributed by atoms with van der Waals surface area (Å²) in [6, 6.07) is 6.91. The van der Waals surface area contributed by atoms with Crippen LogP contribution in [-0.4, -0.2) is 27.1 Å². The van der Waals surface area contributed by atoms with Crippen molar-refractivity contribution in [2.45, 2.75) is 39.7 Å². The van der Waals surface area contributed by atoms with E-state index in [2.05, 4.69) is 36.1 Å². The van der Waals surface area contributed by atoms with Crippen LogP contribution < -0.4 is 5.32 Å². The number of benzene rings is 1. The summed E-state index contributed by atoms with van der Waals surface area (Å²) in [4.78, 5) is 19.8. The lowest BCUT2D eigenvalue weighted by Crippen LogP contribution is -2.31. The molecule has 2 N–H and O–H groups in total. The zero-order valence-corrected chi connectivity index (χ0v) is 12.6. The Labute approximate surface area is 124 Å². The van der Waals surface area contributed by atoms with Crippen LogP contribution in [0.5, 0.6) is 0 Å². The zero-order chi connectivity index (χ0) is 15.5. The largest absolute Gasteiger partial charge is 0.480 e. The molecule has 0 spiro atoms. The minimum atomic E-state index is -0.859. The Bertz CT molecular complexity index is 629. The lowest BCUT2D eigenvalue weighted by molar-refractivity contribution is -0.138. The number of aliphatic carboxylic acids is 1. The molecule has 2 aromatic rings. The van der Waals surface area contributed by atoms with Gasteiger partial charge >= 0.3 is 5.97 Å². The molecule has 0 fully saturated rings. The van der Waals surface area contributed by atoms with Crippen molar-refractivity contribution in [3.05, 3.63) is 30.6 Å². The predicted molar refractivity (Wildman–Crippen MR) is 83.3 cm³/mol. The van der Waals surface area contributed by atoms with E-state index in [0.717, 1.165) is 17.3 Å². The van der Waals surface area contributed by atoms with Gasteiger partial charge in [0.05, 0.1) is 5.52 Å². The number of hydrogen-bond donors (Lipinski definition) is 2. The van der Waals surface area contributed by atoms with E-state index in [1.807, 2.05) is 24.3 Å². The normalized spacial score (nSPS) is 13.1. The van der Waals surface area contributed by atoms with E-state index in [4.69, 9.17) is 0 Å². The first kappa shape index (κ1) is 15.2. The summed E-state index contributed by atoms with van der Waals surface area (Å²) in [7, 11) is 0. The van der Waals surface area contributed by atoms with Crippen molar-refractivity contribution in [2.24, 2.45) is 5.41 Å². The van der Waals surface area contributed by atoms with Crippen LogP contribution in [0.4, 0.5) is 5.82 Å². The molecule has 1 aromatic heterocycles. The summed E-state index contributed by atoms with van der Waals surface area (Å²) < 4.78 is 0. The monoisotopic (exact) mass is 287 g/mol. The molecule has 0 aliphatic rings. The van der Waals surface area contributed by atoms with Gasteiger partial charge in [-0.15, -0.1) is 0 Å². The summed E-state index contributed by atoms with van der Waals surface area (Å²) >= 11 is 0. The Morgan fingerprint density at radius 3 is 2.67 bits per heavy atom. The topological polar surface area (TPSA) is 75.1 Å². The number of nitrogens with one attached hydrogen (secondary N) is 1. The maximum atomic E-state index is 11.5. The predicted octanol–water partition coefficient (Wildman–Crippen LogP) is 3.32. The standard InChI is InChI=1S/C16H21N3O2/c1-16(2,3)9-8-13(15(20)21)19-14-11-6-4-5-7-12(11)17-10-18-14/h4-7,10,13H,8-9H2,1-3H3,(H,20,21)(H,17,18,19)/t13-/m0/s1. The van der Waals surface area contributed by atoms with Crippen LogP contribution in [0.1, 0.15) is 33.6 Å². The first-order valence-corrected chi connectivity index (χ1v) is 7.06. The molecule has 0 bridgehead atoms. The second-order valence-electron chi connectivity index (χ2n) is 6.37. The number of para-hydroxylation sites is 1. The van der Waals surface area contributed by atoms with E-state index in [-0.39, 0.29) is 5.41 Å². The van der Waals surface area contributed by atoms with Crippen LogP contribution in [0.25, 0.3) is 10.9 Å². The highest BCUT2D eigenvalue weighted by molar-refractivity contribution is 5.90. The molecule has 0 radical (unpaired) electrons. The average molecular weight is 287 g/mol. The molecule has 5 nitrogen and oxygen atoms in total. The van der Waals surface area contributed by atoms with Crippen molar-refractivity contribution in [3.63, 3.8) is 0 Å². The number of carbonyl (C=O) groups is 1.